The Labute approximate surface area is 112 Å². The van der Waals surface area contributed by atoms with Gasteiger partial charge in [-0.15, -0.1) is 0 Å². The molecule has 0 aromatic carbocycles. The Morgan fingerprint density at radius 3 is 2.58 bits per heavy atom. The van der Waals surface area contributed by atoms with Crippen molar-refractivity contribution in [2.45, 2.75) is 12.8 Å². The molecule has 1 aliphatic rings. The normalized spacial score (nSPS) is 14.9. The second-order valence-corrected chi connectivity index (χ2v) is 4.33. The molecule has 2 heterocycles. The maximum Gasteiger partial charge on any atom is 0.246 e. The van der Waals surface area contributed by atoms with E-state index in [-0.39, 0.29) is 5.91 Å². The first-order valence-electron chi connectivity index (χ1n) is 6.29. The number of hydrogen-bond donors (Lipinski definition) is 0. The van der Waals surface area contributed by atoms with E-state index in [9.17, 15) is 4.79 Å². The van der Waals surface area contributed by atoms with E-state index < -0.39 is 0 Å². The lowest BCUT2D eigenvalue weighted by molar-refractivity contribution is -0.124. The number of carbonyl (C=O) groups excluding carboxylic acids is 1. The molecule has 0 spiro atoms. The molecule has 5 nitrogen and oxygen atoms in total. The molecule has 2 rings (SSSR count). The maximum atomic E-state index is 11.9. The first-order chi connectivity index (χ1) is 9.24. The SMILES string of the molecule is COc1cnc(/C=C/C(=O)N2CCCC2)cc1OC. The molecule has 0 atom stereocenters. The van der Waals surface area contributed by atoms with Crippen molar-refractivity contribution >= 4 is 12.0 Å². The fourth-order valence-corrected chi connectivity index (χ4v) is 2.04. The first-order valence-corrected chi connectivity index (χ1v) is 6.29. The van der Waals surface area contributed by atoms with Gasteiger partial charge in [-0.2, -0.15) is 0 Å². The second kappa shape index (κ2) is 6.22. The zero-order valence-electron chi connectivity index (χ0n) is 11.3. The monoisotopic (exact) mass is 262 g/mol. The van der Waals surface area contributed by atoms with Crippen molar-refractivity contribution in [2.75, 3.05) is 27.3 Å². The van der Waals surface area contributed by atoms with Gasteiger partial charge < -0.3 is 14.4 Å². The Morgan fingerprint density at radius 2 is 1.95 bits per heavy atom. The summed E-state index contributed by atoms with van der Waals surface area (Å²) >= 11 is 0. The van der Waals surface area contributed by atoms with Crippen molar-refractivity contribution in [1.29, 1.82) is 0 Å². The number of methoxy groups -OCH3 is 2. The third kappa shape index (κ3) is 3.24. The van der Waals surface area contributed by atoms with Crippen LogP contribution >= 0.6 is 0 Å². The molecule has 0 N–H and O–H groups in total. The molecular weight excluding hydrogens is 244 g/mol. The molecular formula is C14H18N2O3. The van der Waals surface area contributed by atoms with Crippen molar-refractivity contribution in [2.24, 2.45) is 0 Å². The molecule has 0 unspecified atom stereocenters. The van der Waals surface area contributed by atoms with Gasteiger partial charge in [0.25, 0.3) is 0 Å². The van der Waals surface area contributed by atoms with Gasteiger partial charge in [0.15, 0.2) is 11.5 Å². The van der Waals surface area contributed by atoms with Gasteiger partial charge in [-0.3, -0.25) is 9.78 Å². The average Bonchev–Trinajstić information content (AvgIpc) is 2.98. The number of amides is 1. The largest absolute Gasteiger partial charge is 0.493 e. The zero-order chi connectivity index (χ0) is 13.7. The summed E-state index contributed by atoms with van der Waals surface area (Å²) in [5.74, 6) is 1.21. The molecule has 0 aliphatic carbocycles. The molecule has 0 bridgehead atoms. The minimum atomic E-state index is 0.0362. The van der Waals surface area contributed by atoms with E-state index in [1.165, 1.54) is 0 Å². The van der Waals surface area contributed by atoms with Gasteiger partial charge in [0.1, 0.15) is 0 Å². The van der Waals surface area contributed by atoms with Gasteiger partial charge in [0.05, 0.1) is 26.1 Å². The molecule has 0 saturated carbocycles. The van der Waals surface area contributed by atoms with Crippen LogP contribution in [0.25, 0.3) is 6.08 Å². The summed E-state index contributed by atoms with van der Waals surface area (Å²) in [6.07, 6.45) is 7.02. The van der Waals surface area contributed by atoms with Crippen LogP contribution < -0.4 is 9.47 Å². The highest BCUT2D eigenvalue weighted by atomic mass is 16.5. The van der Waals surface area contributed by atoms with Crippen LogP contribution in [0.5, 0.6) is 11.5 Å². The Bertz CT molecular complexity index is 480. The van der Waals surface area contributed by atoms with E-state index in [1.54, 1.807) is 38.6 Å². The number of carbonyl (C=O) groups is 1. The van der Waals surface area contributed by atoms with Crippen LogP contribution in [0.3, 0.4) is 0 Å². The lowest BCUT2D eigenvalue weighted by Gasteiger charge is -2.11. The van der Waals surface area contributed by atoms with Gasteiger partial charge in [-0.05, 0) is 18.9 Å². The predicted octanol–water partition coefficient (Wildman–Crippen LogP) is 1.73. The number of pyridine rings is 1. The van der Waals surface area contributed by atoms with E-state index >= 15 is 0 Å². The molecule has 1 amide bonds. The molecule has 1 aromatic heterocycles. The molecule has 19 heavy (non-hydrogen) atoms. The van der Waals surface area contributed by atoms with Crippen LogP contribution in [0.15, 0.2) is 18.3 Å². The Hall–Kier alpha value is -2.04. The van der Waals surface area contributed by atoms with Gasteiger partial charge in [-0.1, -0.05) is 0 Å². The van der Waals surface area contributed by atoms with Gasteiger partial charge >= 0.3 is 0 Å². The lowest BCUT2D eigenvalue weighted by atomic mass is 10.3. The molecule has 102 valence electrons. The molecule has 1 aromatic rings. The number of ether oxygens (including phenoxy) is 2. The quantitative estimate of drug-likeness (QED) is 0.775. The van der Waals surface area contributed by atoms with E-state index in [0.29, 0.717) is 17.2 Å². The van der Waals surface area contributed by atoms with Crippen molar-refractivity contribution in [3.05, 3.63) is 24.0 Å². The number of aromatic nitrogens is 1. The summed E-state index contributed by atoms with van der Waals surface area (Å²) in [5.41, 5.74) is 0.671. The fourth-order valence-electron chi connectivity index (χ4n) is 2.04. The minimum absolute atomic E-state index is 0.0362. The van der Waals surface area contributed by atoms with E-state index in [4.69, 9.17) is 9.47 Å². The fraction of sp³-hybridized carbons (Fsp3) is 0.429. The number of likely N-dealkylation sites (tertiary alicyclic amines) is 1. The molecule has 5 heteroatoms. The lowest BCUT2D eigenvalue weighted by Crippen LogP contribution is -2.25. The summed E-state index contributed by atoms with van der Waals surface area (Å²) in [6, 6.07) is 1.74. The minimum Gasteiger partial charge on any atom is -0.493 e. The number of hydrogen-bond acceptors (Lipinski definition) is 4. The summed E-state index contributed by atoms with van der Waals surface area (Å²) in [5, 5.41) is 0. The third-order valence-corrected chi connectivity index (χ3v) is 3.11. The van der Waals surface area contributed by atoms with Crippen molar-refractivity contribution in [3.63, 3.8) is 0 Å². The topological polar surface area (TPSA) is 51.7 Å². The van der Waals surface area contributed by atoms with E-state index in [0.717, 1.165) is 25.9 Å². The van der Waals surface area contributed by atoms with Crippen molar-refractivity contribution < 1.29 is 14.3 Å². The standard InChI is InChI=1S/C14H18N2O3/c1-18-12-9-11(15-10-13(12)19-2)5-6-14(17)16-7-3-4-8-16/h5-6,9-10H,3-4,7-8H2,1-2H3/b6-5+. The maximum absolute atomic E-state index is 11.9. The van der Waals surface area contributed by atoms with Gasteiger partial charge in [-0.25, -0.2) is 0 Å². The first kappa shape index (κ1) is 13.4. The average molecular weight is 262 g/mol. The summed E-state index contributed by atoms with van der Waals surface area (Å²) < 4.78 is 10.3. The number of nitrogens with zero attached hydrogens (tertiary/aromatic N) is 2. The highest BCUT2D eigenvalue weighted by Gasteiger charge is 2.15. The second-order valence-electron chi connectivity index (χ2n) is 4.33. The summed E-state index contributed by atoms with van der Waals surface area (Å²) in [4.78, 5) is 17.9. The molecule has 1 fully saturated rings. The van der Waals surface area contributed by atoms with Crippen molar-refractivity contribution in [3.8, 4) is 11.5 Å². The van der Waals surface area contributed by atoms with Crippen LogP contribution in [-0.2, 0) is 4.79 Å². The van der Waals surface area contributed by atoms with Crippen molar-refractivity contribution in [1.82, 2.24) is 9.88 Å². The molecule has 1 saturated heterocycles. The summed E-state index contributed by atoms with van der Waals surface area (Å²) in [6.45, 7) is 1.70. The molecule has 1 aliphatic heterocycles. The van der Waals surface area contributed by atoms with Crippen LogP contribution in [0, 0.1) is 0 Å². The van der Waals surface area contributed by atoms with Crippen LogP contribution in [0.4, 0.5) is 0 Å². The predicted molar refractivity (Wildman–Crippen MR) is 72.2 cm³/mol. The van der Waals surface area contributed by atoms with Crippen LogP contribution in [0.2, 0.25) is 0 Å². The van der Waals surface area contributed by atoms with Crippen LogP contribution in [0.1, 0.15) is 18.5 Å². The number of rotatable bonds is 4. The Balaban J connectivity index is 2.07. The van der Waals surface area contributed by atoms with Gasteiger partial charge in [0, 0.05) is 25.2 Å². The zero-order valence-corrected chi connectivity index (χ0v) is 11.3. The Kier molecular flexibility index (Phi) is 4.39. The highest BCUT2D eigenvalue weighted by Crippen LogP contribution is 2.26. The van der Waals surface area contributed by atoms with E-state index in [1.807, 2.05) is 4.90 Å². The third-order valence-electron chi connectivity index (χ3n) is 3.11. The Morgan fingerprint density at radius 1 is 1.26 bits per heavy atom. The highest BCUT2D eigenvalue weighted by molar-refractivity contribution is 5.91. The van der Waals surface area contributed by atoms with E-state index in [2.05, 4.69) is 4.98 Å². The van der Waals surface area contributed by atoms with Gasteiger partial charge in [0.2, 0.25) is 5.91 Å². The van der Waals surface area contributed by atoms with Crippen LogP contribution in [-0.4, -0.2) is 43.1 Å². The molecule has 0 radical (unpaired) electrons. The summed E-state index contributed by atoms with van der Waals surface area (Å²) in [7, 11) is 3.13. The smallest absolute Gasteiger partial charge is 0.246 e.